The van der Waals surface area contributed by atoms with Crippen molar-refractivity contribution in [3.05, 3.63) is 82.7 Å². The Labute approximate surface area is 214 Å². The Morgan fingerprint density at radius 1 is 1.11 bits per heavy atom. The van der Waals surface area contributed by atoms with Gasteiger partial charge >= 0.3 is 5.97 Å². The quantitative estimate of drug-likeness (QED) is 0.144. The molecule has 1 atom stereocenters. The van der Waals surface area contributed by atoms with E-state index in [4.69, 9.17) is 18.6 Å². The van der Waals surface area contributed by atoms with Gasteiger partial charge in [0.15, 0.2) is 11.5 Å². The van der Waals surface area contributed by atoms with Crippen LogP contribution in [0.2, 0.25) is 0 Å². The fourth-order valence-electron chi connectivity index (χ4n) is 3.04. The molecule has 0 saturated carbocycles. The number of para-hydroxylation sites is 2. The third-order valence-corrected chi connectivity index (χ3v) is 5.22. The van der Waals surface area contributed by atoms with Gasteiger partial charge in [0.25, 0.3) is 11.8 Å². The van der Waals surface area contributed by atoms with Gasteiger partial charge in [0.1, 0.15) is 18.1 Å². The average Bonchev–Trinajstić information content (AvgIpc) is 3.41. The van der Waals surface area contributed by atoms with Gasteiger partial charge in [-0.15, -0.1) is 0 Å². The van der Waals surface area contributed by atoms with Gasteiger partial charge in [-0.2, -0.15) is 5.10 Å². The van der Waals surface area contributed by atoms with Gasteiger partial charge in [-0.25, -0.2) is 10.2 Å². The first-order valence-electron chi connectivity index (χ1n) is 10.7. The van der Waals surface area contributed by atoms with Gasteiger partial charge in [-0.05, 0) is 48.5 Å². The maximum absolute atomic E-state index is 12.3. The van der Waals surface area contributed by atoms with Crippen LogP contribution < -0.4 is 25.0 Å². The number of carbonyl (C=O) groups excluding carboxylic acids is 3. The van der Waals surface area contributed by atoms with Gasteiger partial charge in [-0.1, -0.05) is 28.1 Å². The van der Waals surface area contributed by atoms with E-state index < -0.39 is 23.9 Å². The van der Waals surface area contributed by atoms with Crippen LogP contribution in [0.4, 0.5) is 0 Å². The van der Waals surface area contributed by atoms with E-state index >= 15 is 0 Å². The minimum absolute atomic E-state index is 0.0315. The van der Waals surface area contributed by atoms with Crippen LogP contribution in [0.3, 0.4) is 0 Å². The molecular formula is C25H20BrN3O7. The number of rotatable bonds is 8. The smallest absolute Gasteiger partial charge is 0.336 e. The summed E-state index contributed by atoms with van der Waals surface area (Å²) in [5.41, 5.74) is 2.74. The number of hydrazone groups is 1. The third kappa shape index (κ3) is 6.83. The summed E-state index contributed by atoms with van der Waals surface area (Å²) in [4.78, 5) is 36.6. The number of benzene rings is 2. The van der Waals surface area contributed by atoms with Crippen LogP contribution >= 0.6 is 15.9 Å². The van der Waals surface area contributed by atoms with Gasteiger partial charge in [0.05, 0.1) is 19.0 Å². The maximum atomic E-state index is 12.3. The lowest BCUT2D eigenvalue weighted by Crippen LogP contribution is -2.46. The SMILES string of the molecule is O=C(CNC(=O)[C@H]1COc2ccccc2O1)N/N=C\c1cc(Br)ccc1OC(=O)/C=C/c1ccco1. The van der Waals surface area contributed by atoms with E-state index in [1.165, 1.54) is 24.6 Å². The lowest BCUT2D eigenvalue weighted by molar-refractivity contribution is -0.132. The van der Waals surface area contributed by atoms with Crippen LogP contribution in [0, 0.1) is 0 Å². The van der Waals surface area contributed by atoms with E-state index in [0.717, 1.165) is 0 Å². The first-order valence-corrected chi connectivity index (χ1v) is 11.5. The molecule has 184 valence electrons. The number of carbonyl (C=O) groups is 3. The topological polar surface area (TPSA) is 128 Å². The predicted molar refractivity (Wildman–Crippen MR) is 133 cm³/mol. The number of hydrogen-bond acceptors (Lipinski definition) is 8. The Kier molecular flexibility index (Phi) is 8.14. The molecule has 0 bridgehead atoms. The summed E-state index contributed by atoms with van der Waals surface area (Å²) in [6.07, 6.45) is 4.64. The summed E-state index contributed by atoms with van der Waals surface area (Å²) in [7, 11) is 0. The maximum Gasteiger partial charge on any atom is 0.336 e. The van der Waals surface area contributed by atoms with Crippen LogP contribution in [0.5, 0.6) is 17.2 Å². The number of hydrogen-bond donors (Lipinski definition) is 2. The number of ether oxygens (including phenoxy) is 3. The Hall–Kier alpha value is -4.38. The van der Waals surface area contributed by atoms with E-state index in [9.17, 15) is 14.4 Å². The molecule has 0 aliphatic carbocycles. The van der Waals surface area contributed by atoms with Crippen molar-refractivity contribution < 1.29 is 33.0 Å². The molecule has 10 nitrogen and oxygen atoms in total. The molecular weight excluding hydrogens is 534 g/mol. The van der Waals surface area contributed by atoms with Gasteiger partial charge in [-0.3, -0.25) is 9.59 Å². The molecule has 0 fully saturated rings. The van der Waals surface area contributed by atoms with Crippen molar-refractivity contribution in [2.75, 3.05) is 13.2 Å². The number of esters is 1. The highest BCUT2D eigenvalue weighted by molar-refractivity contribution is 9.10. The van der Waals surface area contributed by atoms with Crippen LogP contribution in [0.1, 0.15) is 11.3 Å². The Morgan fingerprint density at radius 3 is 2.75 bits per heavy atom. The van der Waals surface area contributed by atoms with Crippen molar-refractivity contribution in [3.63, 3.8) is 0 Å². The number of nitrogens with zero attached hydrogens (tertiary/aromatic N) is 1. The van der Waals surface area contributed by atoms with Crippen molar-refractivity contribution in [1.29, 1.82) is 0 Å². The number of halogens is 1. The first kappa shape index (κ1) is 24.7. The number of fused-ring (bicyclic) bond motifs is 1. The highest BCUT2D eigenvalue weighted by atomic mass is 79.9. The monoisotopic (exact) mass is 553 g/mol. The van der Waals surface area contributed by atoms with E-state index in [2.05, 4.69) is 31.8 Å². The van der Waals surface area contributed by atoms with Crippen molar-refractivity contribution in [3.8, 4) is 17.2 Å². The average molecular weight is 554 g/mol. The minimum atomic E-state index is -0.878. The standard InChI is InChI=1S/C25H20BrN3O7/c26-17-7-9-19(36-24(31)10-8-18-4-3-11-33-18)16(12-17)13-28-29-23(30)14-27-25(32)22-15-34-20-5-1-2-6-21(20)35-22/h1-13,22H,14-15H2,(H,27,32)(H,29,30)/b10-8+,28-13-/t22-/m1/s1. The highest BCUT2D eigenvalue weighted by Crippen LogP contribution is 2.30. The molecule has 2 amide bonds. The van der Waals surface area contributed by atoms with Crippen molar-refractivity contribution in [2.24, 2.45) is 5.10 Å². The van der Waals surface area contributed by atoms with Crippen molar-refractivity contribution in [1.82, 2.24) is 10.7 Å². The molecule has 1 aromatic heterocycles. The summed E-state index contributed by atoms with van der Waals surface area (Å²) in [6, 6.07) is 15.3. The fraction of sp³-hybridized carbons (Fsp3) is 0.120. The Bertz CT molecular complexity index is 1300. The number of amides is 2. The number of nitrogens with one attached hydrogen (secondary N) is 2. The lowest BCUT2D eigenvalue weighted by atomic mass is 10.2. The summed E-state index contributed by atoms with van der Waals surface area (Å²) in [5, 5.41) is 6.36. The molecule has 2 N–H and O–H groups in total. The van der Waals surface area contributed by atoms with Gasteiger partial charge in [0.2, 0.25) is 6.10 Å². The third-order valence-electron chi connectivity index (χ3n) is 4.73. The van der Waals surface area contributed by atoms with Crippen LogP contribution in [0.25, 0.3) is 6.08 Å². The van der Waals surface area contributed by atoms with Crippen LogP contribution in [-0.2, 0) is 14.4 Å². The summed E-state index contributed by atoms with van der Waals surface area (Å²) >= 11 is 3.34. The molecule has 3 aromatic rings. The second kappa shape index (κ2) is 11.8. The molecule has 2 heterocycles. The zero-order valence-electron chi connectivity index (χ0n) is 18.7. The molecule has 11 heteroatoms. The second-order valence-corrected chi connectivity index (χ2v) is 8.24. The first-order chi connectivity index (χ1) is 17.5. The minimum Gasteiger partial charge on any atom is -0.485 e. The normalized spacial score (nSPS) is 14.5. The molecule has 0 spiro atoms. The Morgan fingerprint density at radius 2 is 1.94 bits per heavy atom. The van der Waals surface area contributed by atoms with Gasteiger partial charge < -0.3 is 23.9 Å². The molecule has 4 rings (SSSR count). The largest absolute Gasteiger partial charge is 0.485 e. The number of furan rings is 1. The predicted octanol–water partition coefficient (Wildman–Crippen LogP) is 3.07. The van der Waals surface area contributed by atoms with Crippen LogP contribution in [0.15, 0.2) is 80.9 Å². The fourth-order valence-corrected chi connectivity index (χ4v) is 3.41. The van der Waals surface area contributed by atoms with E-state index in [-0.39, 0.29) is 18.9 Å². The molecule has 2 aromatic carbocycles. The summed E-state index contributed by atoms with van der Waals surface area (Å²) in [6.45, 7) is -0.292. The molecule has 1 aliphatic rings. The molecule has 36 heavy (non-hydrogen) atoms. The molecule has 0 unspecified atom stereocenters. The summed E-state index contributed by atoms with van der Waals surface area (Å²) in [5.74, 6) is 0.0745. The highest BCUT2D eigenvalue weighted by Gasteiger charge is 2.27. The van der Waals surface area contributed by atoms with E-state index in [0.29, 0.717) is 27.3 Å². The Balaban J connectivity index is 1.27. The zero-order valence-corrected chi connectivity index (χ0v) is 20.3. The van der Waals surface area contributed by atoms with E-state index in [1.54, 1.807) is 54.6 Å². The van der Waals surface area contributed by atoms with E-state index in [1.807, 2.05) is 0 Å². The molecule has 0 saturated heterocycles. The summed E-state index contributed by atoms with van der Waals surface area (Å²) < 4.78 is 22.3. The van der Waals surface area contributed by atoms with Gasteiger partial charge in [0, 0.05) is 16.1 Å². The van der Waals surface area contributed by atoms with Crippen molar-refractivity contribution >= 4 is 46.0 Å². The lowest BCUT2D eigenvalue weighted by Gasteiger charge is -2.25. The second-order valence-electron chi connectivity index (χ2n) is 7.33. The zero-order chi connectivity index (χ0) is 25.3. The van der Waals surface area contributed by atoms with Crippen molar-refractivity contribution in [2.45, 2.75) is 6.10 Å². The molecule has 0 radical (unpaired) electrons. The van der Waals surface area contributed by atoms with Crippen LogP contribution in [-0.4, -0.2) is 43.3 Å². The molecule has 1 aliphatic heterocycles.